The van der Waals surface area contributed by atoms with Crippen molar-refractivity contribution in [1.82, 2.24) is 4.98 Å². The van der Waals surface area contributed by atoms with Gasteiger partial charge in [0.1, 0.15) is 5.38 Å². The lowest BCUT2D eigenvalue weighted by molar-refractivity contribution is 1.13. The van der Waals surface area contributed by atoms with Crippen molar-refractivity contribution in [2.24, 2.45) is 0 Å². The second kappa shape index (κ2) is 5.02. The molecule has 12 heavy (non-hydrogen) atoms. The van der Waals surface area contributed by atoms with Gasteiger partial charge < -0.3 is 0 Å². The van der Waals surface area contributed by atoms with E-state index in [9.17, 15) is 0 Å². The molecule has 4 heteroatoms. The lowest BCUT2D eigenvalue weighted by Gasteiger charge is -1.98. The first kappa shape index (κ1) is 9.37. The molecule has 0 aromatic carbocycles. The number of thioether (sulfide) groups is 1. The van der Waals surface area contributed by atoms with Crippen LogP contribution in [0.2, 0.25) is 0 Å². The summed E-state index contributed by atoms with van der Waals surface area (Å²) in [5.74, 6) is 0.578. The smallest absolute Gasteiger partial charge is 0.130 e. The predicted octanol–water partition coefficient (Wildman–Crippen LogP) is 2.30. The number of nitriles is 1. The molecular weight excluding hydrogens is 192 g/mol. The highest BCUT2D eigenvalue weighted by Gasteiger charge is 2.02. The van der Waals surface area contributed by atoms with E-state index < -0.39 is 5.38 Å². The van der Waals surface area contributed by atoms with Crippen LogP contribution in [0.15, 0.2) is 29.4 Å². The van der Waals surface area contributed by atoms with E-state index in [0.717, 1.165) is 5.03 Å². The minimum atomic E-state index is -0.433. The number of aromatic nitrogens is 1. The highest BCUT2D eigenvalue weighted by molar-refractivity contribution is 7.99. The summed E-state index contributed by atoms with van der Waals surface area (Å²) in [7, 11) is 0. The standard InChI is InChI=1S/C8H7ClN2S/c9-7(5-10)6-12-8-3-1-2-4-11-8/h1-4,7H,6H2. The molecule has 0 aliphatic heterocycles. The monoisotopic (exact) mass is 198 g/mol. The lowest BCUT2D eigenvalue weighted by atomic mass is 10.5. The largest absolute Gasteiger partial charge is 0.250 e. The van der Waals surface area contributed by atoms with Gasteiger partial charge >= 0.3 is 0 Å². The van der Waals surface area contributed by atoms with Crippen LogP contribution < -0.4 is 0 Å². The maximum absolute atomic E-state index is 8.40. The summed E-state index contributed by atoms with van der Waals surface area (Å²) < 4.78 is 0. The van der Waals surface area contributed by atoms with Gasteiger partial charge in [-0.25, -0.2) is 4.98 Å². The van der Waals surface area contributed by atoms with E-state index in [0.29, 0.717) is 5.75 Å². The van der Waals surface area contributed by atoms with Crippen molar-refractivity contribution in [3.05, 3.63) is 24.4 Å². The Balaban J connectivity index is 2.40. The number of pyridine rings is 1. The minimum absolute atomic E-state index is 0.433. The second-order valence-electron chi connectivity index (χ2n) is 2.08. The number of hydrogen-bond acceptors (Lipinski definition) is 3. The van der Waals surface area contributed by atoms with Crippen LogP contribution in [0, 0.1) is 11.3 Å². The van der Waals surface area contributed by atoms with Gasteiger partial charge in [0.2, 0.25) is 0 Å². The maximum Gasteiger partial charge on any atom is 0.130 e. The van der Waals surface area contributed by atoms with E-state index in [4.69, 9.17) is 16.9 Å². The van der Waals surface area contributed by atoms with Gasteiger partial charge in [-0.1, -0.05) is 6.07 Å². The van der Waals surface area contributed by atoms with Crippen molar-refractivity contribution >= 4 is 23.4 Å². The topological polar surface area (TPSA) is 36.7 Å². The number of halogens is 1. The second-order valence-corrected chi connectivity index (χ2v) is 3.64. The van der Waals surface area contributed by atoms with Crippen molar-refractivity contribution in [1.29, 1.82) is 5.26 Å². The van der Waals surface area contributed by atoms with Crippen molar-refractivity contribution in [2.75, 3.05) is 5.75 Å². The first-order valence-electron chi connectivity index (χ1n) is 3.40. The van der Waals surface area contributed by atoms with Crippen LogP contribution in [-0.2, 0) is 0 Å². The third-order valence-electron chi connectivity index (χ3n) is 1.16. The van der Waals surface area contributed by atoms with E-state index in [1.807, 2.05) is 24.3 Å². The summed E-state index contributed by atoms with van der Waals surface area (Å²) in [6.45, 7) is 0. The average molecular weight is 199 g/mol. The van der Waals surface area contributed by atoms with Gasteiger partial charge in [0, 0.05) is 11.9 Å². The van der Waals surface area contributed by atoms with Gasteiger partial charge in [-0.2, -0.15) is 5.26 Å². The van der Waals surface area contributed by atoms with Crippen LogP contribution in [0.3, 0.4) is 0 Å². The highest BCUT2D eigenvalue weighted by atomic mass is 35.5. The van der Waals surface area contributed by atoms with Crippen LogP contribution in [0.5, 0.6) is 0 Å². The molecule has 1 atom stereocenters. The fourth-order valence-electron chi connectivity index (χ4n) is 0.628. The molecule has 1 aromatic rings. The number of alkyl halides is 1. The fourth-order valence-corrected chi connectivity index (χ4v) is 1.52. The van der Waals surface area contributed by atoms with E-state index in [1.165, 1.54) is 11.8 Å². The molecule has 0 radical (unpaired) electrons. The van der Waals surface area contributed by atoms with Crippen molar-refractivity contribution in [2.45, 2.75) is 10.4 Å². The highest BCUT2D eigenvalue weighted by Crippen LogP contribution is 2.16. The Bertz CT molecular complexity index is 270. The van der Waals surface area contributed by atoms with Crippen molar-refractivity contribution < 1.29 is 0 Å². The predicted molar refractivity (Wildman–Crippen MR) is 50.2 cm³/mol. The van der Waals surface area contributed by atoms with E-state index in [1.54, 1.807) is 6.20 Å². The van der Waals surface area contributed by atoms with Gasteiger partial charge in [0.25, 0.3) is 0 Å². The zero-order valence-corrected chi connectivity index (χ0v) is 7.85. The summed E-state index contributed by atoms with van der Waals surface area (Å²) in [5.41, 5.74) is 0. The molecule has 1 aromatic heterocycles. The molecule has 0 bridgehead atoms. The van der Waals surface area contributed by atoms with Crippen molar-refractivity contribution in [3.8, 4) is 6.07 Å². The summed E-state index contributed by atoms with van der Waals surface area (Å²) in [6.07, 6.45) is 1.72. The molecule has 2 nitrogen and oxygen atoms in total. The maximum atomic E-state index is 8.40. The van der Waals surface area contributed by atoms with E-state index in [2.05, 4.69) is 4.98 Å². The third kappa shape index (κ3) is 3.12. The molecule has 62 valence electrons. The van der Waals surface area contributed by atoms with Gasteiger partial charge in [0.05, 0.1) is 11.1 Å². The van der Waals surface area contributed by atoms with Crippen LogP contribution in [0.4, 0.5) is 0 Å². The molecule has 0 fully saturated rings. The van der Waals surface area contributed by atoms with Crippen molar-refractivity contribution in [3.63, 3.8) is 0 Å². The fraction of sp³-hybridized carbons (Fsp3) is 0.250. The molecule has 0 saturated heterocycles. The molecule has 0 N–H and O–H groups in total. The Hall–Kier alpha value is -0.720. The number of rotatable bonds is 3. The van der Waals surface area contributed by atoms with Gasteiger partial charge in [-0.15, -0.1) is 23.4 Å². The first-order chi connectivity index (χ1) is 5.83. The summed E-state index contributed by atoms with van der Waals surface area (Å²) >= 11 is 7.09. The van der Waals surface area contributed by atoms with E-state index in [-0.39, 0.29) is 0 Å². The molecule has 1 heterocycles. The Labute approximate surface area is 80.6 Å². The molecule has 0 amide bonds. The Morgan fingerprint density at radius 1 is 1.67 bits per heavy atom. The zero-order valence-electron chi connectivity index (χ0n) is 6.27. The molecular formula is C8H7ClN2S. The Kier molecular flexibility index (Phi) is 3.92. The van der Waals surface area contributed by atoms with Gasteiger partial charge in [-0.3, -0.25) is 0 Å². The minimum Gasteiger partial charge on any atom is -0.250 e. The van der Waals surface area contributed by atoms with Crippen LogP contribution >= 0.6 is 23.4 Å². The quantitative estimate of drug-likeness (QED) is 0.553. The van der Waals surface area contributed by atoms with Gasteiger partial charge in [0.15, 0.2) is 0 Å². The van der Waals surface area contributed by atoms with Crippen LogP contribution in [0.25, 0.3) is 0 Å². The SMILES string of the molecule is N#CC(Cl)CSc1ccccn1. The summed E-state index contributed by atoms with van der Waals surface area (Å²) in [5, 5.41) is 8.87. The third-order valence-corrected chi connectivity index (χ3v) is 2.63. The van der Waals surface area contributed by atoms with Crippen LogP contribution in [0.1, 0.15) is 0 Å². The zero-order chi connectivity index (χ0) is 8.81. The van der Waals surface area contributed by atoms with Crippen LogP contribution in [-0.4, -0.2) is 16.1 Å². The molecule has 0 aliphatic rings. The lowest BCUT2D eigenvalue weighted by Crippen LogP contribution is -1.97. The normalized spacial score (nSPS) is 12.0. The summed E-state index contributed by atoms with van der Waals surface area (Å²) in [6, 6.07) is 7.61. The van der Waals surface area contributed by atoms with Gasteiger partial charge in [-0.05, 0) is 12.1 Å². The Morgan fingerprint density at radius 2 is 2.50 bits per heavy atom. The molecule has 0 saturated carbocycles. The molecule has 1 rings (SSSR count). The first-order valence-corrected chi connectivity index (χ1v) is 4.82. The molecule has 1 unspecified atom stereocenters. The average Bonchev–Trinajstić information content (AvgIpc) is 2.16. The molecule has 0 spiro atoms. The number of nitrogens with zero attached hydrogens (tertiary/aromatic N) is 2. The number of hydrogen-bond donors (Lipinski definition) is 0. The summed E-state index contributed by atoms with van der Waals surface area (Å²) in [4.78, 5) is 4.08. The Morgan fingerprint density at radius 3 is 3.08 bits per heavy atom. The van der Waals surface area contributed by atoms with E-state index >= 15 is 0 Å². The molecule has 0 aliphatic carbocycles.